The van der Waals surface area contributed by atoms with Gasteiger partial charge >= 0.3 is 26.2 Å². The summed E-state index contributed by atoms with van der Waals surface area (Å²) in [7, 11) is -0.158. The fourth-order valence-electron chi connectivity index (χ4n) is 1.77. The van der Waals surface area contributed by atoms with Crippen molar-refractivity contribution in [1.29, 1.82) is 0 Å². The van der Waals surface area contributed by atoms with Crippen molar-refractivity contribution >= 4 is 7.12 Å². The van der Waals surface area contributed by atoms with Crippen LogP contribution in [0.25, 0.3) is 0 Å². The molecule has 1 fully saturated rings. The maximum absolute atomic E-state index is 5.88. The van der Waals surface area contributed by atoms with Gasteiger partial charge in [-0.05, 0) is 27.7 Å². The van der Waals surface area contributed by atoms with Gasteiger partial charge in [0, 0.05) is 0 Å². The monoisotopic (exact) mass is 366 g/mol. The molecule has 0 spiro atoms. The van der Waals surface area contributed by atoms with Gasteiger partial charge in [-0.15, -0.1) is 6.42 Å². The van der Waals surface area contributed by atoms with E-state index in [0.717, 1.165) is 12.8 Å². The molecular weight excluding hydrogens is 338 g/mol. The zero-order valence-electron chi connectivity index (χ0n) is 14.6. The molecule has 1 aliphatic heterocycles. The van der Waals surface area contributed by atoms with Gasteiger partial charge in [0.25, 0.3) is 7.12 Å². The molecule has 1 heterocycles. The van der Waals surface area contributed by atoms with E-state index in [2.05, 4.69) is 66.9 Å². The molecule has 21 heavy (non-hydrogen) atoms. The van der Waals surface area contributed by atoms with Crippen molar-refractivity contribution in [3.05, 3.63) is 30.6 Å². The van der Waals surface area contributed by atoms with Crippen LogP contribution in [0.1, 0.15) is 61.3 Å². The van der Waals surface area contributed by atoms with Crippen LogP contribution in [0, 0.1) is 17.8 Å². The number of rotatable bonds is 2. The first-order chi connectivity index (χ1) is 9.04. The maximum Gasteiger partial charge on any atom is 2.00 e. The summed E-state index contributed by atoms with van der Waals surface area (Å²) in [5.74, 6) is 0. The van der Waals surface area contributed by atoms with Crippen LogP contribution in [-0.2, 0) is 35.5 Å². The predicted octanol–water partition coefficient (Wildman–Crippen LogP) is 4.56. The van der Waals surface area contributed by atoms with Crippen molar-refractivity contribution in [1.82, 2.24) is 0 Å². The minimum Gasteiger partial charge on any atom is -0.430 e. The summed E-state index contributed by atoms with van der Waals surface area (Å²) in [6.45, 7) is 15.0. The SMILES string of the molecule is CC(C)(C)C[CH-]B1OC(C)(C)C(C)(C)O1.[C-]1=CC=CC1.[Zr+2]. The Hall–Kier alpha value is 0.348. The van der Waals surface area contributed by atoms with Gasteiger partial charge in [0.05, 0.1) is 11.2 Å². The molecular formula is C17H29BO2Zr. The first kappa shape index (κ1) is 21.3. The zero-order chi connectivity index (χ0) is 15.4. The fraction of sp³-hybridized carbons (Fsp3) is 0.706. The molecule has 0 unspecified atom stereocenters. The molecule has 4 heteroatoms. The van der Waals surface area contributed by atoms with Crippen molar-refractivity contribution in [3.63, 3.8) is 0 Å². The van der Waals surface area contributed by atoms with E-state index < -0.39 is 0 Å². The second-order valence-electron chi connectivity index (χ2n) is 7.63. The molecule has 1 saturated heterocycles. The van der Waals surface area contributed by atoms with Gasteiger partial charge < -0.3 is 9.31 Å². The zero-order valence-corrected chi connectivity index (χ0v) is 17.1. The standard InChI is InChI=1S/C12H24BO2.C5H5.Zr/c1-10(2,3)8-9-13-14-11(4,5)12(6,7)15-13;1-2-4-5-3-1;/h9H,8H2,1-7H3;1-3H,4H2;/q2*-1;+2. The minimum atomic E-state index is -0.216. The van der Waals surface area contributed by atoms with E-state index in [1.807, 2.05) is 12.2 Å². The van der Waals surface area contributed by atoms with Crippen molar-refractivity contribution in [2.75, 3.05) is 0 Å². The predicted molar refractivity (Wildman–Crippen MR) is 86.0 cm³/mol. The van der Waals surface area contributed by atoms with Crippen LogP contribution >= 0.6 is 0 Å². The molecule has 2 rings (SSSR count). The Morgan fingerprint density at radius 1 is 1.14 bits per heavy atom. The minimum absolute atomic E-state index is 0. The summed E-state index contributed by atoms with van der Waals surface area (Å²) in [5.41, 5.74) is -0.137. The van der Waals surface area contributed by atoms with Gasteiger partial charge in [0.15, 0.2) is 0 Å². The van der Waals surface area contributed by atoms with Crippen LogP contribution < -0.4 is 0 Å². The summed E-state index contributed by atoms with van der Waals surface area (Å²) < 4.78 is 11.8. The average molecular weight is 367 g/mol. The Labute approximate surface area is 151 Å². The van der Waals surface area contributed by atoms with E-state index in [1.165, 1.54) is 0 Å². The Kier molecular flexibility index (Phi) is 8.41. The van der Waals surface area contributed by atoms with Crippen LogP contribution in [-0.4, -0.2) is 18.3 Å². The topological polar surface area (TPSA) is 18.5 Å². The number of allylic oxidation sites excluding steroid dienone is 4. The third kappa shape index (κ3) is 7.44. The van der Waals surface area contributed by atoms with Crippen LogP contribution in [0.2, 0.25) is 0 Å². The molecule has 0 amide bonds. The van der Waals surface area contributed by atoms with Crippen LogP contribution in [0.15, 0.2) is 18.2 Å². The van der Waals surface area contributed by atoms with E-state index in [9.17, 15) is 0 Å². The summed E-state index contributed by atoms with van der Waals surface area (Å²) in [4.78, 5) is 0. The van der Waals surface area contributed by atoms with E-state index in [0.29, 0.717) is 5.41 Å². The first-order valence-corrected chi connectivity index (χ1v) is 7.44. The second-order valence-corrected chi connectivity index (χ2v) is 7.63. The van der Waals surface area contributed by atoms with Gasteiger partial charge in [-0.2, -0.15) is 12.5 Å². The van der Waals surface area contributed by atoms with Crippen molar-refractivity contribution in [3.8, 4) is 0 Å². The van der Waals surface area contributed by atoms with Crippen molar-refractivity contribution in [2.45, 2.75) is 72.5 Å². The van der Waals surface area contributed by atoms with Crippen LogP contribution in [0.5, 0.6) is 0 Å². The quantitative estimate of drug-likeness (QED) is 0.526. The average Bonchev–Trinajstić information content (AvgIpc) is 2.86. The van der Waals surface area contributed by atoms with Gasteiger partial charge in [-0.3, -0.25) is 12.4 Å². The summed E-state index contributed by atoms with van der Waals surface area (Å²) in [6, 6.07) is 0. The van der Waals surface area contributed by atoms with Crippen LogP contribution in [0.4, 0.5) is 0 Å². The third-order valence-corrected chi connectivity index (χ3v) is 3.78. The summed E-state index contributed by atoms with van der Waals surface area (Å²) >= 11 is 0. The van der Waals surface area contributed by atoms with Gasteiger partial charge in [0.2, 0.25) is 0 Å². The van der Waals surface area contributed by atoms with E-state index in [1.54, 1.807) is 0 Å². The van der Waals surface area contributed by atoms with Gasteiger partial charge in [-0.1, -0.05) is 26.2 Å². The molecule has 116 valence electrons. The summed E-state index contributed by atoms with van der Waals surface area (Å²) in [5, 5.41) is 0. The third-order valence-electron chi connectivity index (χ3n) is 3.78. The molecule has 0 bridgehead atoms. The fourth-order valence-corrected chi connectivity index (χ4v) is 1.77. The Morgan fingerprint density at radius 3 is 1.95 bits per heavy atom. The molecule has 0 aromatic carbocycles. The molecule has 0 aromatic heterocycles. The summed E-state index contributed by atoms with van der Waals surface area (Å²) in [6.07, 6.45) is 13.1. The molecule has 2 aliphatic rings. The molecule has 1 aliphatic carbocycles. The normalized spacial score (nSPS) is 21.8. The Bertz CT molecular complexity index is 341. The molecule has 2 nitrogen and oxygen atoms in total. The van der Waals surface area contributed by atoms with Crippen molar-refractivity contribution in [2.24, 2.45) is 5.41 Å². The maximum atomic E-state index is 5.88. The molecule has 0 radical (unpaired) electrons. The molecule has 0 atom stereocenters. The molecule has 0 aromatic rings. The first-order valence-electron chi connectivity index (χ1n) is 7.44. The van der Waals surface area contributed by atoms with Crippen molar-refractivity contribution < 1.29 is 35.5 Å². The van der Waals surface area contributed by atoms with E-state index >= 15 is 0 Å². The Morgan fingerprint density at radius 2 is 1.67 bits per heavy atom. The van der Waals surface area contributed by atoms with Gasteiger partial charge in [-0.25, -0.2) is 12.2 Å². The molecule has 0 N–H and O–H groups in total. The number of hydrogen-bond acceptors (Lipinski definition) is 2. The smallest absolute Gasteiger partial charge is 0.430 e. The van der Waals surface area contributed by atoms with E-state index in [4.69, 9.17) is 9.31 Å². The largest absolute Gasteiger partial charge is 2.00 e. The van der Waals surface area contributed by atoms with Gasteiger partial charge in [0.1, 0.15) is 0 Å². The van der Waals surface area contributed by atoms with E-state index in [-0.39, 0.29) is 44.5 Å². The molecule has 0 saturated carbocycles. The van der Waals surface area contributed by atoms with Crippen LogP contribution in [0.3, 0.4) is 0 Å². The second kappa shape index (κ2) is 8.27. The number of hydrogen-bond donors (Lipinski definition) is 0. The Balaban J connectivity index is 0.000000562.